The Morgan fingerprint density at radius 2 is 2.13 bits per heavy atom. The monoisotopic (exact) mass is 217 g/mol. The minimum atomic E-state index is -1.41. The van der Waals surface area contributed by atoms with E-state index in [2.05, 4.69) is 4.74 Å². The van der Waals surface area contributed by atoms with Crippen molar-refractivity contribution in [3.05, 3.63) is 29.3 Å². The van der Waals surface area contributed by atoms with Crippen LogP contribution >= 0.6 is 0 Å². The van der Waals surface area contributed by atoms with Crippen molar-refractivity contribution in [2.75, 3.05) is 7.11 Å². The molecule has 0 spiro atoms. The number of benzene rings is 1. The number of carboxylic acids is 1. The number of ether oxygens (including phenoxy) is 1. The van der Waals surface area contributed by atoms with Crippen molar-refractivity contribution in [1.82, 2.24) is 0 Å². The minimum absolute atomic E-state index is 0.0572. The first-order chi connectivity index (χ1) is 6.97. The summed E-state index contributed by atoms with van der Waals surface area (Å²) in [4.78, 5) is 10.5. The molecule has 0 amide bonds. The van der Waals surface area contributed by atoms with Crippen LogP contribution in [0.25, 0.3) is 0 Å². The van der Waals surface area contributed by atoms with Crippen LogP contribution in [0.5, 0.6) is 5.75 Å². The molecule has 0 unspecified atom stereocenters. The lowest BCUT2D eigenvalue weighted by molar-refractivity contribution is -0.138. The molecule has 0 aliphatic carbocycles. The molecule has 15 heavy (non-hydrogen) atoms. The van der Waals surface area contributed by atoms with Crippen LogP contribution in [0, 0.1) is 11.6 Å². The van der Waals surface area contributed by atoms with Crippen LogP contribution in [0.2, 0.25) is 0 Å². The molecule has 82 valence electrons. The Morgan fingerprint density at radius 1 is 1.53 bits per heavy atom. The molecule has 1 atom stereocenters. The average Bonchev–Trinajstić information content (AvgIpc) is 2.20. The molecule has 1 rings (SSSR count). The number of carbonyl (C=O) groups is 1. The summed E-state index contributed by atoms with van der Waals surface area (Å²) in [6, 6.07) is 0.377. The molecule has 0 aliphatic heterocycles. The van der Waals surface area contributed by atoms with Crippen molar-refractivity contribution in [2.45, 2.75) is 6.04 Å². The Balaban J connectivity index is 3.22. The van der Waals surface area contributed by atoms with Crippen molar-refractivity contribution >= 4 is 5.97 Å². The van der Waals surface area contributed by atoms with Gasteiger partial charge in [-0.05, 0) is 17.7 Å². The normalized spacial score (nSPS) is 12.3. The number of nitrogens with two attached hydrogens (primary N) is 1. The van der Waals surface area contributed by atoms with Gasteiger partial charge in [0.15, 0.2) is 11.6 Å². The van der Waals surface area contributed by atoms with Crippen LogP contribution in [-0.4, -0.2) is 18.2 Å². The van der Waals surface area contributed by atoms with E-state index < -0.39 is 23.6 Å². The number of hydrogen-bond acceptors (Lipinski definition) is 3. The Bertz CT molecular complexity index is 395. The highest BCUT2D eigenvalue weighted by Crippen LogP contribution is 2.24. The molecule has 0 bridgehead atoms. The molecule has 4 nitrogen and oxygen atoms in total. The molecule has 0 heterocycles. The molecule has 0 aliphatic rings. The van der Waals surface area contributed by atoms with Gasteiger partial charge in [-0.15, -0.1) is 0 Å². The Hall–Kier alpha value is -1.69. The van der Waals surface area contributed by atoms with E-state index in [-0.39, 0.29) is 11.3 Å². The summed E-state index contributed by atoms with van der Waals surface area (Å²) in [7, 11) is 1.15. The molecule has 1 aromatic carbocycles. The van der Waals surface area contributed by atoms with Gasteiger partial charge in [-0.3, -0.25) is 4.79 Å². The number of aliphatic carboxylic acids is 1. The third-order valence-corrected chi connectivity index (χ3v) is 1.86. The van der Waals surface area contributed by atoms with Crippen LogP contribution in [0.1, 0.15) is 11.6 Å². The van der Waals surface area contributed by atoms with E-state index in [1.807, 2.05) is 0 Å². The van der Waals surface area contributed by atoms with Crippen LogP contribution in [0.4, 0.5) is 8.78 Å². The van der Waals surface area contributed by atoms with Crippen molar-refractivity contribution in [3.63, 3.8) is 0 Å². The van der Waals surface area contributed by atoms with Crippen molar-refractivity contribution in [3.8, 4) is 5.75 Å². The fraction of sp³-hybridized carbons (Fsp3) is 0.222. The van der Waals surface area contributed by atoms with Gasteiger partial charge in [0.2, 0.25) is 5.82 Å². The van der Waals surface area contributed by atoms with Gasteiger partial charge in [0.25, 0.3) is 0 Å². The van der Waals surface area contributed by atoms with Crippen LogP contribution < -0.4 is 10.5 Å². The summed E-state index contributed by atoms with van der Waals surface area (Å²) in [5.74, 6) is -4.07. The first-order valence-corrected chi connectivity index (χ1v) is 3.98. The zero-order valence-electron chi connectivity index (χ0n) is 7.83. The van der Waals surface area contributed by atoms with E-state index >= 15 is 0 Å². The molecule has 0 fully saturated rings. The predicted molar refractivity (Wildman–Crippen MR) is 47.5 cm³/mol. The first kappa shape index (κ1) is 11.4. The second kappa shape index (κ2) is 4.22. The zero-order chi connectivity index (χ0) is 11.6. The maximum Gasteiger partial charge on any atom is 0.325 e. The molecule has 3 N–H and O–H groups in total. The lowest BCUT2D eigenvalue weighted by atomic mass is 10.1. The molecular formula is C9H9F2NO3. The topological polar surface area (TPSA) is 72.5 Å². The van der Waals surface area contributed by atoms with Gasteiger partial charge in [-0.2, -0.15) is 4.39 Å². The maximum atomic E-state index is 13.0. The molecule has 0 aromatic heterocycles. The van der Waals surface area contributed by atoms with Crippen molar-refractivity contribution in [2.24, 2.45) is 5.73 Å². The van der Waals surface area contributed by atoms with Gasteiger partial charge >= 0.3 is 5.97 Å². The number of hydrogen-bond donors (Lipinski definition) is 2. The van der Waals surface area contributed by atoms with Gasteiger partial charge in [0.1, 0.15) is 6.04 Å². The second-order valence-electron chi connectivity index (χ2n) is 2.83. The zero-order valence-corrected chi connectivity index (χ0v) is 7.83. The average molecular weight is 217 g/mol. The summed E-state index contributed by atoms with van der Waals surface area (Å²) >= 11 is 0. The van der Waals surface area contributed by atoms with E-state index in [4.69, 9.17) is 10.8 Å². The molecule has 1 aromatic rings. The summed E-state index contributed by atoms with van der Waals surface area (Å²) in [5.41, 5.74) is 5.18. The van der Waals surface area contributed by atoms with E-state index in [0.29, 0.717) is 0 Å². The largest absolute Gasteiger partial charge is 0.494 e. The van der Waals surface area contributed by atoms with Crippen molar-refractivity contribution < 1.29 is 23.4 Å². The summed E-state index contributed by atoms with van der Waals surface area (Å²) in [5, 5.41) is 8.58. The third-order valence-electron chi connectivity index (χ3n) is 1.86. The number of methoxy groups -OCH3 is 1. The van der Waals surface area contributed by atoms with Crippen LogP contribution in [0.15, 0.2) is 12.1 Å². The maximum absolute atomic E-state index is 13.0. The summed E-state index contributed by atoms with van der Waals surface area (Å²) < 4.78 is 30.4. The van der Waals surface area contributed by atoms with Gasteiger partial charge in [-0.1, -0.05) is 0 Å². The lowest BCUT2D eigenvalue weighted by Crippen LogP contribution is -2.21. The molecule has 0 saturated heterocycles. The SMILES string of the molecule is COc1cc([C@H](N)C(=O)O)cc(F)c1F. The Kier molecular flexibility index (Phi) is 3.21. The summed E-state index contributed by atoms with van der Waals surface area (Å²) in [6.07, 6.45) is 0. The van der Waals surface area contributed by atoms with E-state index in [9.17, 15) is 13.6 Å². The molecular weight excluding hydrogens is 208 g/mol. The third kappa shape index (κ3) is 2.21. The lowest BCUT2D eigenvalue weighted by Gasteiger charge is -2.09. The van der Waals surface area contributed by atoms with Crippen LogP contribution in [-0.2, 0) is 4.79 Å². The van der Waals surface area contributed by atoms with Gasteiger partial charge in [0.05, 0.1) is 7.11 Å². The Labute approximate surface area is 84.3 Å². The first-order valence-electron chi connectivity index (χ1n) is 3.98. The van der Waals surface area contributed by atoms with Gasteiger partial charge in [0, 0.05) is 0 Å². The number of carboxylic acid groups (broad SMARTS) is 1. The Morgan fingerprint density at radius 3 is 2.60 bits per heavy atom. The van der Waals surface area contributed by atoms with Crippen LogP contribution in [0.3, 0.4) is 0 Å². The fourth-order valence-electron chi connectivity index (χ4n) is 1.05. The van der Waals surface area contributed by atoms with E-state index in [0.717, 1.165) is 19.2 Å². The van der Waals surface area contributed by atoms with Gasteiger partial charge < -0.3 is 15.6 Å². The fourth-order valence-corrected chi connectivity index (χ4v) is 1.05. The highest BCUT2D eigenvalue weighted by Gasteiger charge is 2.19. The predicted octanol–water partition coefficient (Wildman–Crippen LogP) is 1.06. The van der Waals surface area contributed by atoms with Gasteiger partial charge in [-0.25, -0.2) is 4.39 Å². The standard InChI is InChI=1S/C9H9F2NO3/c1-15-6-3-4(8(12)9(13)14)2-5(10)7(6)11/h2-3,8H,12H2,1H3,(H,13,14)/t8-/m0/s1. The smallest absolute Gasteiger partial charge is 0.325 e. The molecule has 0 radical (unpaired) electrons. The number of rotatable bonds is 3. The molecule has 6 heteroatoms. The van der Waals surface area contributed by atoms with E-state index in [1.165, 1.54) is 0 Å². The van der Waals surface area contributed by atoms with Crippen molar-refractivity contribution in [1.29, 1.82) is 0 Å². The molecule has 0 saturated carbocycles. The minimum Gasteiger partial charge on any atom is -0.494 e. The highest BCUT2D eigenvalue weighted by molar-refractivity contribution is 5.75. The highest BCUT2D eigenvalue weighted by atomic mass is 19.2. The number of halogens is 2. The van der Waals surface area contributed by atoms with E-state index in [1.54, 1.807) is 0 Å². The quantitative estimate of drug-likeness (QED) is 0.793. The second-order valence-corrected chi connectivity index (χ2v) is 2.83. The summed E-state index contributed by atoms with van der Waals surface area (Å²) in [6.45, 7) is 0.